The normalized spacial score (nSPS) is 15.1. The first-order chi connectivity index (χ1) is 14.0. The lowest BCUT2D eigenvalue weighted by atomic mass is 9.97. The molecule has 3 heterocycles. The van der Waals surface area contributed by atoms with Crippen LogP contribution in [0.5, 0.6) is 0 Å². The first-order valence-electron chi connectivity index (χ1n) is 10.2. The van der Waals surface area contributed by atoms with E-state index in [4.69, 9.17) is 9.84 Å². The van der Waals surface area contributed by atoms with Crippen LogP contribution < -0.4 is 4.90 Å². The fraction of sp³-hybridized carbons (Fsp3) is 0.455. The number of piperidine rings is 1. The number of carbonyl (C=O) groups is 1. The van der Waals surface area contributed by atoms with Gasteiger partial charge >= 0.3 is 5.97 Å². The van der Waals surface area contributed by atoms with Crippen molar-refractivity contribution in [2.75, 3.05) is 24.6 Å². The van der Waals surface area contributed by atoms with Gasteiger partial charge in [-0.15, -0.1) is 5.10 Å². The van der Waals surface area contributed by atoms with E-state index in [2.05, 4.69) is 53.2 Å². The lowest BCUT2D eigenvalue weighted by Crippen LogP contribution is -2.37. The van der Waals surface area contributed by atoms with Crippen molar-refractivity contribution in [2.45, 2.75) is 40.5 Å². The Morgan fingerprint density at radius 1 is 1.10 bits per heavy atom. The van der Waals surface area contributed by atoms with Gasteiger partial charge in [0.15, 0.2) is 5.82 Å². The lowest BCUT2D eigenvalue weighted by Gasteiger charge is -2.31. The number of esters is 1. The van der Waals surface area contributed by atoms with Gasteiger partial charge in [0.25, 0.3) is 0 Å². The number of carbonyl (C=O) groups excluding carboxylic acids is 1. The van der Waals surface area contributed by atoms with Crippen LogP contribution >= 0.6 is 0 Å². The number of rotatable bonds is 4. The van der Waals surface area contributed by atoms with E-state index in [1.165, 1.54) is 5.56 Å². The molecule has 1 aromatic carbocycles. The standard InChI is InChI=1S/C22H27N5O2/c1-5-29-22(28)17-10-12-26(13-11-17)21-20-19(15(3)23-24-21)16(4)27(25-20)18-8-6-14(2)7-9-18/h6-9,17H,5,10-13H2,1-4H3. The molecule has 0 bridgehead atoms. The molecule has 1 aliphatic rings. The molecule has 1 saturated heterocycles. The van der Waals surface area contributed by atoms with Crippen LogP contribution in [0.15, 0.2) is 24.3 Å². The van der Waals surface area contributed by atoms with Gasteiger partial charge in [-0.1, -0.05) is 17.7 Å². The zero-order chi connectivity index (χ0) is 20.5. The molecule has 7 nitrogen and oxygen atoms in total. The molecule has 152 valence electrons. The van der Waals surface area contributed by atoms with E-state index in [1.807, 2.05) is 18.5 Å². The molecule has 0 atom stereocenters. The first-order valence-corrected chi connectivity index (χ1v) is 10.2. The molecule has 0 aliphatic carbocycles. The van der Waals surface area contributed by atoms with Crippen molar-refractivity contribution < 1.29 is 9.53 Å². The minimum atomic E-state index is -0.0909. The third-order valence-corrected chi connectivity index (χ3v) is 5.68. The molecule has 0 N–H and O–H groups in total. The third kappa shape index (κ3) is 3.57. The Kier molecular flexibility index (Phi) is 5.22. The Balaban J connectivity index is 1.68. The molecule has 7 heteroatoms. The van der Waals surface area contributed by atoms with E-state index in [0.29, 0.717) is 6.61 Å². The second kappa shape index (κ2) is 7.81. The molecule has 0 amide bonds. The maximum absolute atomic E-state index is 12.0. The van der Waals surface area contributed by atoms with Gasteiger partial charge in [-0.2, -0.15) is 10.2 Å². The van der Waals surface area contributed by atoms with Gasteiger partial charge in [-0.05, 0) is 52.7 Å². The van der Waals surface area contributed by atoms with Crippen LogP contribution in [0, 0.1) is 26.7 Å². The number of aryl methyl sites for hydroxylation is 3. The minimum Gasteiger partial charge on any atom is -0.466 e. The van der Waals surface area contributed by atoms with Crippen molar-refractivity contribution in [2.24, 2.45) is 5.92 Å². The summed E-state index contributed by atoms with van der Waals surface area (Å²) in [5, 5.41) is 14.9. The van der Waals surface area contributed by atoms with Crippen LogP contribution in [-0.2, 0) is 9.53 Å². The second-order valence-electron chi connectivity index (χ2n) is 7.68. The quantitative estimate of drug-likeness (QED) is 0.632. The lowest BCUT2D eigenvalue weighted by molar-refractivity contribution is -0.148. The summed E-state index contributed by atoms with van der Waals surface area (Å²) in [4.78, 5) is 14.2. The summed E-state index contributed by atoms with van der Waals surface area (Å²) in [5.74, 6) is 0.667. The van der Waals surface area contributed by atoms with Crippen molar-refractivity contribution in [1.29, 1.82) is 0 Å². The van der Waals surface area contributed by atoms with Crippen LogP contribution in [0.1, 0.15) is 36.7 Å². The number of aromatic nitrogens is 4. The smallest absolute Gasteiger partial charge is 0.309 e. The van der Waals surface area contributed by atoms with Gasteiger partial charge in [0.05, 0.1) is 35.0 Å². The Morgan fingerprint density at radius 2 is 1.79 bits per heavy atom. The van der Waals surface area contributed by atoms with Gasteiger partial charge in [0.1, 0.15) is 5.52 Å². The van der Waals surface area contributed by atoms with E-state index < -0.39 is 0 Å². The Labute approximate surface area is 170 Å². The van der Waals surface area contributed by atoms with Crippen LogP contribution in [0.2, 0.25) is 0 Å². The van der Waals surface area contributed by atoms with Crippen LogP contribution in [0.25, 0.3) is 16.6 Å². The summed E-state index contributed by atoms with van der Waals surface area (Å²) < 4.78 is 7.15. The summed E-state index contributed by atoms with van der Waals surface area (Å²) in [6.45, 7) is 9.88. The largest absolute Gasteiger partial charge is 0.466 e. The molecule has 29 heavy (non-hydrogen) atoms. The predicted octanol–water partition coefficient (Wildman–Crippen LogP) is 3.52. The highest BCUT2D eigenvalue weighted by Gasteiger charge is 2.29. The number of anilines is 1. The Bertz CT molecular complexity index is 1030. The fourth-order valence-electron chi connectivity index (χ4n) is 4.05. The Morgan fingerprint density at radius 3 is 2.45 bits per heavy atom. The highest BCUT2D eigenvalue weighted by molar-refractivity contribution is 5.92. The molecule has 0 saturated carbocycles. The molecule has 3 aromatic rings. The highest BCUT2D eigenvalue weighted by Crippen LogP contribution is 2.31. The second-order valence-corrected chi connectivity index (χ2v) is 7.68. The maximum Gasteiger partial charge on any atom is 0.309 e. The van der Waals surface area contributed by atoms with E-state index in [-0.39, 0.29) is 11.9 Å². The highest BCUT2D eigenvalue weighted by atomic mass is 16.5. The summed E-state index contributed by atoms with van der Waals surface area (Å²) in [6.07, 6.45) is 1.51. The van der Waals surface area contributed by atoms with Gasteiger partial charge in [0, 0.05) is 13.1 Å². The number of ether oxygens (including phenoxy) is 1. The summed E-state index contributed by atoms with van der Waals surface area (Å²) in [6, 6.07) is 8.33. The van der Waals surface area contributed by atoms with Crippen molar-refractivity contribution >= 4 is 22.7 Å². The molecular formula is C22H27N5O2. The molecule has 1 aliphatic heterocycles. The van der Waals surface area contributed by atoms with Gasteiger partial charge in [-0.3, -0.25) is 4.79 Å². The average molecular weight is 393 g/mol. The molecular weight excluding hydrogens is 366 g/mol. The van der Waals surface area contributed by atoms with Crippen molar-refractivity contribution in [1.82, 2.24) is 20.0 Å². The monoisotopic (exact) mass is 393 g/mol. The summed E-state index contributed by atoms with van der Waals surface area (Å²) >= 11 is 0. The number of nitrogens with zero attached hydrogens (tertiary/aromatic N) is 5. The van der Waals surface area contributed by atoms with E-state index in [9.17, 15) is 4.79 Å². The molecule has 1 fully saturated rings. The molecule has 2 aromatic heterocycles. The third-order valence-electron chi connectivity index (χ3n) is 5.68. The first kappa shape index (κ1) is 19.4. The van der Waals surface area contributed by atoms with Gasteiger partial charge in [-0.25, -0.2) is 4.68 Å². The summed E-state index contributed by atoms with van der Waals surface area (Å²) in [5.41, 5.74) is 5.04. The zero-order valence-corrected chi connectivity index (χ0v) is 17.5. The van der Waals surface area contributed by atoms with Crippen molar-refractivity contribution in [3.8, 4) is 5.69 Å². The predicted molar refractivity (Wildman–Crippen MR) is 112 cm³/mol. The molecule has 0 unspecified atom stereocenters. The van der Waals surface area contributed by atoms with Crippen LogP contribution in [-0.4, -0.2) is 45.6 Å². The number of fused-ring (bicyclic) bond motifs is 1. The van der Waals surface area contributed by atoms with E-state index in [1.54, 1.807) is 0 Å². The zero-order valence-electron chi connectivity index (χ0n) is 17.5. The average Bonchev–Trinajstić information content (AvgIpc) is 3.07. The van der Waals surface area contributed by atoms with E-state index >= 15 is 0 Å². The minimum absolute atomic E-state index is 0.0352. The molecule has 0 radical (unpaired) electrons. The van der Waals surface area contributed by atoms with E-state index in [0.717, 1.165) is 59.7 Å². The Hall–Kier alpha value is -2.96. The van der Waals surface area contributed by atoms with Gasteiger partial charge < -0.3 is 9.64 Å². The maximum atomic E-state index is 12.0. The van der Waals surface area contributed by atoms with Gasteiger partial charge in [0.2, 0.25) is 0 Å². The number of hydrogen-bond acceptors (Lipinski definition) is 6. The van der Waals surface area contributed by atoms with Crippen LogP contribution in [0.3, 0.4) is 0 Å². The van der Waals surface area contributed by atoms with Crippen molar-refractivity contribution in [3.63, 3.8) is 0 Å². The van der Waals surface area contributed by atoms with Crippen molar-refractivity contribution in [3.05, 3.63) is 41.2 Å². The molecule has 4 rings (SSSR count). The topological polar surface area (TPSA) is 73.1 Å². The number of hydrogen-bond donors (Lipinski definition) is 0. The molecule has 0 spiro atoms. The fourth-order valence-corrected chi connectivity index (χ4v) is 4.05. The van der Waals surface area contributed by atoms with Crippen LogP contribution in [0.4, 0.5) is 5.82 Å². The summed E-state index contributed by atoms with van der Waals surface area (Å²) in [7, 11) is 0. The SMILES string of the molecule is CCOC(=O)C1CCN(c2nnc(C)c3c(C)n(-c4ccc(C)cc4)nc23)CC1. The number of benzene rings is 1.